The van der Waals surface area contributed by atoms with Gasteiger partial charge in [-0.2, -0.15) is 0 Å². The van der Waals surface area contributed by atoms with Crippen molar-refractivity contribution in [2.24, 2.45) is 4.99 Å². The van der Waals surface area contributed by atoms with Gasteiger partial charge in [-0.1, -0.05) is 12.1 Å². The van der Waals surface area contributed by atoms with Crippen molar-refractivity contribution in [3.63, 3.8) is 0 Å². The van der Waals surface area contributed by atoms with Gasteiger partial charge in [-0.05, 0) is 50.2 Å². The van der Waals surface area contributed by atoms with Crippen molar-refractivity contribution in [1.29, 1.82) is 0 Å². The molecule has 0 saturated carbocycles. The number of rotatable bonds is 3. The number of nitrogens with zero attached hydrogens (tertiary/aromatic N) is 1. The standard InChI is InChI=1S/C19H19NO2/c1-13(2)20-17-12-19(14-8-10-15(21-3)11-9-14)22-18-7-5-4-6-16(17)18/h4-13H,1-3H3. The van der Waals surface area contributed by atoms with Gasteiger partial charge in [0.25, 0.3) is 0 Å². The van der Waals surface area contributed by atoms with Crippen LogP contribution in [-0.4, -0.2) is 13.2 Å². The lowest BCUT2D eigenvalue weighted by Gasteiger charge is -2.06. The number of hydrogen-bond donors (Lipinski definition) is 0. The molecular weight excluding hydrogens is 274 g/mol. The molecule has 3 aromatic rings. The van der Waals surface area contributed by atoms with E-state index in [1.807, 2.05) is 54.6 Å². The molecule has 0 bridgehead atoms. The molecule has 0 aliphatic rings. The fourth-order valence-corrected chi connectivity index (χ4v) is 2.40. The zero-order chi connectivity index (χ0) is 15.5. The first-order valence-electron chi connectivity index (χ1n) is 7.38. The van der Waals surface area contributed by atoms with Crippen LogP contribution in [-0.2, 0) is 0 Å². The van der Waals surface area contributed by atoms with Crippen LogP contribution in [0.25, 0.3) is 22.3 Å². The van der Waals surface area contributed by atoms with E-state index < -0.39 is 0 Å². The van der Waals surface area contributed by atoms with E-state index in [1.165, 1.54) is 0 Å². The summed E-state index contributed by atoms with van der Waals surface area (Å²) in [5, 5.41) is 2.00. The number of benzene rings is 2. The number of para-hydroxylation sites is 1. The molecule has 1 heterocycles. The molecule has 0 atom stereocenters. The molecule has 1 aromatic heterocycles. The molecule has 0 saturated heterocycles. The van der Waals surface area contributed by atoms with Crippen LogP contribution in [0, 0.1) is 0 Å². The number of hydrogen-bond acceptors (Lipinski definition) is 3. The molecule has 22 heavy (non-hydrogen) atoms. The monoisotopic (exact) mass is 293 g/mol. The van der Waals surface area contributed by atoms with Crippen molar-refractivity contribution in [1.82, 2.24) is 0 Å². The van der Waals surface area contributed by atoms with Crippen molar-refractivity contribution in [3.05, 3.63) is 60.0 Å². The predicted molar refractivity (Wildman–Crippen MR) is 88.9 cm³/mol. The lowest BCUT2D eigenvalue weighted by Crippen LogP contribution is -2.07. The molecule has 3 heteroatoms. The zero-order valence-electron chi connectivity index (χ0n) is 13.0. The summed E-state index contributed by atoms with van der Waals surface area (Å²) >= 11 is 0. The van der Waals surface area contributed by atoms with E-state index in [1.54, 1.807) is 7.11 Å². The second-order valence-electron chi connectivity index (χ2n) is 5.44. The summed E-state index contributed by atoms with van der Waals surface area (Å²) in [6.07, 6.45) is 0. The van der Waals surface area contributed by atoms with Crippen molar-refractivity contribution in [2.75, 3.05) is 7.11 Å². The summed E-state index contributed by atoms with van der Waals surface area (Å²) in [5.41, 5.74) is 1.85. The molecule has 0 aliphatic carbocycles. The van der Waals surface area contributed by atoms with E-state index in [4.69, 9.17) is 14.1 Å². The molecule has 3 nitrogen and oxygen atoms in total. The SMILES string of the molecule is COc1ccc(-c2cc(=NC(C)C)c3ccccc3o2)cc1. The van der Waals surface area contributed by atoms with E-state index in [0.29, 0.717) is 0 Å². The third-order valence-electron chi connectivity index (χ3n) is 3.42. The highest BCUT2D eigenvalue weighted by atomic mass is 16.5. The van der Waals surface area contributed by atoms with Gasteiger partial charge >= 0.3 is 0 Å². The van der Waals surface area contributed by atoms with E-state index in [2.05, 4.69) is 13.8 Å². The maximum Gasteiger partial charge on any atom is 0.136 e. The minimum absolute atomic E-state index is 0.231. The smallest absolute Gasteiger partial charge is 0.136 e. The van der Waals surface area contributed by atoms with Crippen molar-refractivity contribution in [3.8, 4) is 17.1 Å². The van der Waals surface area contributed by atoms with E-state index >= 15 is 0 Å². The average Bonchev–Trinajstić information content (AvgIpc) is 2.54. The molecule has 0 fully saturated rings. The van der Waals surface area contributed by atoms with Crippen LogP contribution in [0.4, 0.5) is 0 Å². The van der Waals surface area contributed by atoms with Gasteiger partial charge in [-0.15, -0.1) is 0 Å². The Labute approximate surface area is 129 Å². The Hall–Kier alpha value is -2.55. The van der Waals surface area contributed by atoms with Gasteiger partial charge in [-0.3, -0.25) is 4.99 Å². The Bertz CT molecular complexity index is 845. The van der Waals surface area contributed by atoms with Gasteiger partial charge in [0.15, 0.2) is 0 Å². The Kier molecular flexibility index (Phi) is 3.96. The normalized spacial score (nSPS) is 12.1. The Morgan fingerprint density at radius 3 is 2.41 bits per heavy atom. The summed E-state index contributed by atoms with van der Waals surface area (Å²) in [4.78, 5) is 4.72. The molecule has 112 valence electrons. The topological polar surface area (TPSA) is 34.7 Å². The number of fused-ring (bicyclic) bond motifs is 1. The molecule has 0 aliphatic heterocycles. The minimum Gasteiger partial charge on any atom is -0.497 e. The Morgan fingerprint density at radius 1 is 1.00 bits per heavy atom. The van der Waals surface area contributed by atoms with Crippen molar-refractivity contribution >= 4 is 11.0 Å². The molecule has 3 rings (SSSR count). The first kappa shape index (κ1) is 14.4. The van der Waals surface area contributed by atoms with Gasteiger partial charge in [-0.25, -0.2) is 0 Å². The first-order chi connectivity index (χ1) is 10.7. The highest BCUT2D eigenvalue weighted by molar-refractivity contribution is 5.78. The fourth-order valence-electron chi connectivity index (χ4n) is 2.40. The second kappa shape index (κ2) is 6.06. The van der Waals surface area contributed by atoms with Gasteiger partial charge in [0.1, 0.15) is 17.1 Å². The summed E-state index contributed by atoms with van der Waals surface area (Å²) in [6, 6.07) is 18.1. The molecule has 2 aromatic carbocycles. The lowest BCUT2D eigenvalue weighted by atomic mass is 10.1. The third-order valence-corrected chi connectivity index (χ3v) is 3.42. The fraction of sp³-hybridized carbons (Fsp3) is 0.211. The van der Waals surface area contributed by atoms with Crippen LogP contribution in [0.3, 0.4) is 0 Å². The van der Waals surface area contributed by atoms with Gasteiger partial charge in [0, 0.05) is 23.1 Å². The van der Waals surface area contributed by atoms with Gasteiger partial charge in [0.2, 0.25) is 0 Å². The van der Waals surface area contributed by atoms with Crippen LogP contribution in [0.5, 0.6) is 5.75 Å². The lowest BCUT2D eigenvalue weighted by molar-refractivity contribution is 0.415. The Morgan fingerprint density at radius 2 is 1.73 bits per heavy atom. The van der Waals surface area contributed by atoms with Gasteiger partial charge in [0.05, 0.1) is 12.5 Å². The highest BCUT2D eigenvalue weighted by Gasteiger charge is 2.06. The zero-order valence-corrected chi connectivity index (χ0v) is 13.0. The molecular formula is C19H19NO2. The second-order valence-corrected chi connectivity index (χ2v) is 5.44. The number of methoxy groups -OCH3 is 1. The van der Waals surface area contributed by atoms with E-state index in [9.17, 15) is 0 Å². The quantitative estimate of drug-likeness (QED) is 0.716. The largest absolute Gasteiger partial charge is 0.497 e. The summed E-state index contributed by atoms with van der Waals surface area (Å²) in [5.74, 6) is 1.64. The predicted octanol–water partition coefficient (Wildman–Crippen LogP) is 4.42. The molecule has 0 unspecified atom stereocenters. The van der Waals surface area contributed by atoms with Crippen molar-refractivity contribution in [2.45, 2.75) is 19.9 Å². The molecule has 0 amide bonds. The minimum atomic E-state index is 0.231. The van der Waals surface area contributed by atoms with Crippen LogP contribution in [0.1, 0.15) is 13.8 Å². The van der Waals surface area contributed by atoms with Crippen molar-refractivity contribution < 1.29 is 9.15 Å². The maximum atomic E-state index is 6.04. The summed E-state index contributed by atoms with van der Waals surface area (Å²) in [7, 11) is 1.66. The van der Waals surface area contributed by atoms with E-state index in [-0.39, 0.29) is 6.04 Å². The van der Waals surface area contributed by atoms with Crippen LogP contribution < -0.4 is 10.1 Å². The average molecular weight is 293 g/mol. The number of ether oxygens (including phenoxy) is 1. The van der Waals surface area contributed by atoms with Gasteiger partial charge < -0.3 is 9.15 Å². The third kappa shape index (κ3) is 2.89. The Balaban J connectivity index is 2.21. The molecule has 0 spiro atoms. The highest BCUT2D eigenvalue weighted by Crippen LogP contribution is 2.24. The molecule has 0 radical (unpaired) electrons. The van der Waals surface area contributed by atoms with Crippen LogP contribution >= 0.6 is 0 Å². The first-order valence-corrected chi connectivity index (χ1v) is 7.38. The molecule has 0 N–H and O–H groups in total. The maximum absolute atomic E-state index is 6.04. The summed E-state index contributed by atoms with van der Waals surface area (Å²) < 4.78 is 11.2. The van der Waals surface area contributed by atoms with Crippen LogP contribution in [0.15, 0.2) is 64.0 Å². The van der Waals surface area contributed by atoms with E-state index in [0.717, 1.165) is 33.4 Å². The van der Waals surface area contributed by atoms with Crippen LogP contribution in [0.2, 0.25) is 0 Å². The summed E-state index contributed by atoms with van der Waals surface area (Å²) in [6.45, 7) is 4.15.